The van der Waals surface area contributed by atoms with Crippen molar-refractivity contribution in [2.24, 2.45) is 0 Å². The summed E-state index contributed by atoms with van der Waals surface area (Å²) in [5, 5.41) is 5.80. The lowest BCUT2D eigenvalue weighted by Gasteiger charge is -2.29. The molecule has 0 unspecified atom stereocenters. The van der Waals surface area contributed by atoms with Gasteiger partial charge in [-0.3, -0.25) is 9.59 Å². The molecule has 1 saturated heterocycles. The number of ether oxygens (including phenoxy) is 2. The SMILES string of the molecule is COc1ccc(C(=O)NCCCC(=O)Nc2ccc(N3CCOCC3)cc2C)cc1. The van der Waals surface area contributed by atoms with Crippen LogP contribution in [-0.4, -0.2) is 51.8 Å². The van der Waals surface area contributed by atoms with Crippen LogP contribution < -0.4 is 20.3 Å². The molecule has 0 aliphatic carbocycles. The zero-order chi connectivity index (χ0) is 21.3. The summed E-state index contributed by atoms with van der Waals surface area (Å²) in [7, 11) is 1.58. The maximum Gasteiger partial charge on any atom is 0.251 e. The first kappa shape index (κ1) is 21.6. The molecule has 1 aliphatic rings. The van der Waals surface area contributed by atoms with Crippen molar-refractivity contribution < 1.29 is 19.1 Å². The number of anilines is 2. The van der Waals surface area contributed by atoms with Gasteiger partial charge in [-0.15, -0.1) is 0 Å². The van der Waals surface area contributed by atoms with Gasteiger partial charge in [0.2, 0.25) is 5.91 Å². The van der Waals surface area contributed by atoms with Crippen molar-refractivity contribution >= 4 is 23.2 Å². The molecule has 2 amide bonds. The van der Waals surface area contributed by atoms with Crippen LogP contribution in [0.1, 0.15) is 28.8 Å². The molecule has 7 nitrogen and oxygen atoms in total. The fraction of sp³-hybridized carbons (Fsp3) is 0.391. The Balaban J connectivity index is 1.41. The van der Waals surface area contributed by atoms with E-state index in [0.717, 1.165) is 43.2 Å². The number of hydrogen-bond donors (Lipinski definition) is 2. The van der Waals surface area contributed by atoms with Crippen molar-refractivity contribution in [3.8, 4) is 5.75 Å². The zero-order valence-corrected chi connectivity index (χ0v) is 17.6. The van der Waals surface area contributed by atoms with E-state index in [-0.39, 0.29) is 11.8 Å². The summed E-state index contributed by atoms with van der Waals surface area (Å²) >= 11 is 0. The molecule has 0 spiro atoms. The highest BCUT2D eigenvalue weighted by molar-refractivity contribution is 5.94. The second-order valence-electron chi connectivity index (χ2n) is 7.23. The monoisotopic (exact) mass is 411 g/mol. The number of nitrogens with zero attached hydrogens (tertiary/aromatic N) is 1. The van der Waals surface area contributed by atoms with Gasteiger partial charge in [0.05, 0.1) is 20.3 Å². The van der Waals surface area contributed by atoms with Crippen LogP contribution in [0.3, 0.4) is 0 Å². The minimum Gasteiger partial charge on any atom is -0.497 e. The van der Waals surface area contributed by atoms with Gasteiger partial charge in [0.15, 0.2) is 0 Å². The summed E-state index contributed by atoms with van der Waals surface area (Å²) in [6, 6.07) is 13.0. The van der Waals surface area contributed by atoms with E-state index in [4.69, 9.17) is 9.47 Å². The van der Waals surface area contributed by atoms with E-state index < -0.39 is 0 Å². The number of methoxy groups -OCH3 is 1. The number of benzene rings is 2. The fourth-order valence-corrected chi connectivity index (χ4v) is 3.31. The van der Waals surface area contributed by atoms with Crippen LogP contribution in [0.5, 0.6) is 5.75 Å². The minimum atomic E-state index is -0.160. The molecule has 0 atom stereocenters. The van der Waals surface area contributed by atoms with E-state index in [1.807, 2.05) is 19.1 Å². The molecule has 0 bridgehead atoms. The maximum atomic E-state index is 12.3. The molecule has 160 valence electrons. The average Bonchev–Trinajstić information content (AvgIpc) is 2.78. The number of carbonyl (C=O) groups excluding carboxylic acids is 2. The van der Waals surface area contributed by atoms with Gasteiger partial charge in [-0.25, -0.2) is 0 Å². The predicted molar refractivity (Wildman–Crippen MR) is 117 cm³/mol. The second kappa shape index (κ2) is 10.6. The van der Waals surface area contributed by atoms with Gasteiger partial charge in [0.25, 0.3) is 5.91 Å². The Bertz CT molecular complexity index is 861. The third kappa shape index (κ3) is 5.97. The lowest BCUT2D eigenvalue weighted by atomic mass is 10.1. The lowest BCUT2D eigenvalue weighted by Crippen LogP contribution is -2.36. The summed E-state index contributed by atoms with van der Waals surface area (Å²) in [4.78, 5) is 26.7. The number of nitrogens with one attached hydrogen (secondary N) is 2. The highest BCUT2D eigenvalue weighted by Gasteiger charge is 2.13. The van der Waals surface area contributed by atoms with Gasteiger partial charge in [-0.2, -0.15) is 0 Å². The van der Waals surface area contributed by atoms with E-state index in [1.54, 1.807) is 31.4 Å². The van der Waals surface area contributed by atoms with Crippen LogP contribution >= 0.6 is 0 Å². The summed E-state index contributed by atoms with van der Waals surface area (Å²) in [6.45, 7) is 5.68. The van der Waals surface area contributed by atoms with Gasteiger partial charge in [0, 0.05) is 43.0 Å². The number of morpholine rings is 1. The van der Waals surface area contributed by atoms with Crippen molar-refractivity contribution in [2.75, 3.05) is 50.2 Å². The molecule has 1 heterocycles. The predicted octanol–water partition coefficient (Wildman–Crippen LogP) is 2.99. The average molecular weight is 412 g/mol. The largest absolute Gasteiger partial charge is 0.497 e. The van der Waals surface area contributed by atoms with Gasteiger partial charge in [-0.1, -0.05) is 0 Å². The Labute approximate surface area is 177 Å². The molecular weight excluding hydrogens is 382 g/mol. The lowest BCUT2D eigenvalue weighted by molar-refractivity contribution is -0.116. The maximum absolute atomic E-state index is 12.3. The third-order valence-electron chi connectivity index (χ3n) is 5.08. The van der Waals surface area contributed by atoms with Crippen LogP contribution in [0.15, 0.2) is 42.5 Å². The summed E-state index contributed by atoms with van der Waals surface area (Å²) in [5.74, 6) is 0.486. The molecule has 30 heavy (non-hydrogen) atoms. The molecular formula is C23H29N3O4. The number of rotatable bonds is 8. The topological polar surface area (TPSA) is 79.9 Å². The molecule has 3 rings (SSSR count). The molecule has 7 heteroatoms. The van der Waals surface area contributed by atoms with Gasteiger partial charge in [0.1, 0.15) is 5.75 Å². The third-order valence-corrected chi connectivity index (χ3v) is 5.08. The molecule has 0 aromatic heterocycles. The summed E-state index contributed by atoms with van der Waals surface area (Å²) in [5.41, 5.74) is 3.56. The van der Waals surface area contributed by atoms with Crippen molar-refractivity contribution in [1.82, 2.24) is 5.32 Å². The summed E-state index contributed by atoms with van der Waals surface area (Å²) in [6.07, 6.45) is 0.909. The van der Waals surface area contributed by atoms with Gasteiger partial charge in [-0.05, 0) is 61.4 Å². The highest BCUT2D eigenvalue weighted by atomic mass is 16.5. The molecule has 0 radical (unpaired) electrons. The van der Waals surface area contributed by atoms with Crippen molar-refractivity contribution in [3.63, 3.8) is 0 Å². The molecule has 0 saturated carbocycles. The quantitative estimate of drug-likeness (QED) is 0.653. The first-order valence-electron chi connectivity index (χ1n) is 10.2. The molecule has 1 fully saturated rings. The van der Waals surface area contributed by atoms with Crippen LogP contribution in [0.4, 0.5) is 11.4 Å². The second-order valence-corrected chi connectivity index (χ2v) is 7.23. The fourth-order valence-electron chi connectivity index (χ4n) is 3.31. The Morgan fingerprint density at radius 2 is 1.83 bits per heavy atom. The smallest absolute Gasteiger partial charge is 0.251 e. The van der Waals surface area contributed by atoms with E-state index in [2.05, 4.69) is 21.6 Å². The van der Waals surface area contributed by atoms with Crippen molar-refractivity contribution in [3.05, 3.63) is 53.6 Å². The normalized spacial score (nSPS) is 13.6. The Hall–Kier alpha value is -3.06. The zero-order valence-electron chi connectivity index (χ0n) is 17.6. The first-order chi connectivity index (χ1) is 14.6. The summed E-state index contributed by atoms with van der Waals surface area (Å²) < 4.78 is 10.5. The molecule has 2 aromatic carbocycles. The van der Waals surface area contributed by atoms with Crippen LogP contribution in [0.2, 0.25) is 0 Å². The minimum absolute atomic E-state index is 0.0593. The van der Waals surface area contributed by atoms with Crippen LogP contribution in [-0.2, 0) is 9.53 Å². The number of hydrogen-bond acceptors (Lipinski definition) is 5. The Morgan fingerprint density at radius 1 is 1.10 bits per heavy atom. The van der Waals surface area contributed by atoms with Gasteiger partial charge < -0.3 is 25.0 Å². The highest BCUT2D eigenvalue weighted by Crippen LogP contribution is 2.23. The Kier molecular flexibility index (Phi) is 7.68. The van der Waals surface area contributed by atoms with E-state index in [0.29, 0.717) is 30.7 Å². The number of amides is 2. The van der Waals surface area contributed by atoms with Crippen molar-refractivity contribution in [2.45, 2.75) is 19.8 Å². The first-order valence-corrected chi connectivity index (χ1v) is 10.2. The molecule has 2 aromatic rings. The van der Waals surface area contributed by atoms with Crippen LogP contribution in [0.25, 0.3) is 0 Å². The van der Waals surface area contributed by atoms with E-state index in [9.17, 15) is 9.59 Å². The molecule has 2 N–H and O–H groups in total. The molecule has 1 aliphatic heterocycles. The Morgan fingerprint density at radius 3 is 2.50 bits per heavy atom. The van der Waals surface area contributed by atoms with E-state index >= 15 is 0 Å². The number of aryl methyl sites for hydroxylation is 1. The van der Waals surface area contributed by atoms with Gasteiger partial charge >= 0.3 is 0 Å². The number of carbonyl (C=O) groups is 2. The standard InChI is InChI=1S/C23H29N3O4/c1-17-16-19(26-12-14-30-15-13-26)7-10-21(17)25-22(27)4-3-11-24-23(28)18-5-8-20(29-2)9-6-18/h5-10,16H,3-4,11-15H2,1-2H3,(H,24,28)(H,25,27). The van der Waals surface area contributed by atoms with E-state index in [1.165, 1.54) is 0 Å². The van der Waals surface area contributed by atoms with Crippen LogP contribution in [0, 0.1) is 6.92 Å². The van der Waals surface area contributed by atoms with Crippen molar-refractivity contribution in [1.29, 1.82) is 0 Å².